The van der Waals surface area contributed by atoms with Gasteiger partial charge in [-0.15, -0.1) is 0 Å². The minimum absolute atomic E-state index is 0.337. The fraction of sp³-hybridized carbons (Fsp3) is 0. The van der Waals surface area contributed by atoms with Crippen molar-refractivity contribution >= 4 is 63.0 Å². The van der Waals surface area contributed by atoms with Gasteiger partial charge < -0.3 is 4.57 Å². The van der Waals surface area contributed by atoms with Gasteiger partial charge in [-0.25, -0.2) is 24.3 Å². The van der Waals surface area contributed by atoms with Crippen molar-refractivity contribution < 1.29 is 0 Å². The van der Waals surface area contributed by atoms with Gasteiger partial charge in [0.15, 0.2) is 17.5 Å². The van der Waals surface area contributed by atoms with Gasteiger partial charge in [-0.2, -0.15) is 0 Å². The van der Waals surface area contributed by atoms with Gasteiger partial charge >= 0.3 is 0 Å². The second kappa shape index (κ2) is 14.5. The molecule has 10 aromatic rings. The van der Waals surface area contributed by atoms with Crippen LogP contribution in [0.25, 0.3) is 101 Å². The summed E-state index contributed by atoms with van der Waals surface area (Å²) in [5.74, 6) is 1.80. The first-order valence-corrected chi connectivity index (χ1v) is 20.1. The zero-order valence-corrected chi connectivity index (χ0v) is 32.9. The van der Waals surface area contributed by atoms with E-state index in [1.807, 2.05) is 78.9 Å². The normalized spacial score (nSPS) is 13.1. The minimum atomic E-state index is 0.337. The average molecular weight is 788 g/mol. The molecule has 8 heteroatoms. The van der Waals surface area contributed by atoms with Crippen molar-refractivity contribution in [2.24, 2.45) is 4.40 Å². The van der Waals surface area contributed by atoms with Gasteiger partial charge in [0.05, 0.1) is 33.7 Å². The lowest BCUT2D eigenvalue weighted by molar-refractivity contribution is 1.07. The number of allylic oxidation sites excluding steroid dienone is 1. The molecule has 0 aliphatic heterocycles. The summed E-state index contributed by atoms with van der Waals surface area (Å²) in [6.07, 6.45) is 3.82. The van der Waals surface area contributed by atoms with Crippen LogP contribution in [0.3, 0.4) is 0 Å². The first-order valence-electron chi connectivity index (χ1n) is 19.7. The van der Waals surface area contributed by atoms with Gasteiger partial charge in [0.25, 0.3) is 0 Å². The molecule has 7 nitrogen and oxygen atoms in total. The Morgan fingerprint density at radius 2 is 0.983 bits per heavy atom. The van der Waals surface area contributed by atoms with Gasteiger partial charge in [0, 0.05) is 55.2 Å². The highest BCUT2D eigenvalue weighted by molar-refractivity contribution is 7.79. The molecule has 0 unspecified atom stereocenters. The zero-order valence-electron chi connectivity index (χ0n) is 32.0. The van der Waals surface area contributed by atoms with E-state index in [9.17, 15) is 0 Å². The lowest BCUT2D eigenvalue weighted by atomic mass is 9.88. The third-order valence-corrected chi connectivity index (χ3v) is 11.4. The number of aromatic nitrogens is 5. The van der Waals surface area contributed by atoms with Gasteiger partial charge in [0.2, 0.25) is 0 Å². The van der Waals surface area contributed by atoms with Crippen molar-refractivity contribution in [1.29, 1.82) is 5.41 Å². The highest BCUT2D eigenvalue weighted by Gasteiger charge is 2.23. The van der Waals surface area contributed by atoms with Crippen molar-refractivity contribution in [3.05, 3.63) is 193 Å². The van der Waals surface area contributed by atoms with Crippen LogP contribution in [0.5, 0.6) is 0 Å². The van der Waals surface area contributed by atoms with Crippen molar-refractivity contribution in [2.45, 2.75) is 0 Å². The van der Waals surface area contributed by atoms with Crippen LogP contribution in [0, 0.1) is 5.41 Å². The second-order valence-corrected chi connectivity index (χ2v) is 14.9. The second-order valence-electron chi connectivity index (χ2n) is 14.7. The third-order valence-electron chi connectivity index (χ3n) is 11.2. The Bertz CT molecular complexity index is 3330. The van der Waals surface area contributed by atoms with E-state index < -0.39 is 0 Å². The van der Waals surface area contributed by atoms with E-state index in [0.717, 1.165) is 77.8 Å². The molecule has 0 saturated carbocycles. The fourth-order valence-electron chi connectivity index (χ4n) is 8.30. The van der Waals surface area contributed by atoms with E-state index in [1.54, 1.807) is 0 Å². The predicted molar refractivity (Wildman–Crippen MR) is 249 cm³/mol. The first kappa shape index (κ1) is 35.4. The van der Waals surface area contributed by atoms with E-state index in [-0.39, 0.29) is 0 Å². The Morgan fingerprint density at radius 1 is 0.450 bits per heavy atom. The van der Waals surface area contributed by atoms with Crippen LogP contribution in [-0.2, 0) is 0 Å². The Kier molecular flexibility index (Phi) is 8.57. The quantitative estimate of drug-likeness (QED) is 0.164. The van der Waals surface area contributed by atoms with Crippen molar-refractivity contribution in [3.8, 4) is 62.2 Å². The number of nitrogens with one attached hydrogen (secondary N) is 1. The van der Waals surface area contributed by atoms with Crippen molar-refractivity contribution in [2.75, 3.05) is 0 Å². The molecular formula is C52H33N7S. The number of hydrogen-bond acceptors (Lipinski definition) is 7. The molecule has 282 valence electrons. The molecule has 7 aromatic carbocycles. The average Bonchev–Trinajstić information content (AvgIpc) is 3.66. The maximum Gasteiger partial charge on any atom is 0.164 e. The lowest BCUT2D eigenvalue weighted by Gasteiger charge is -2.19. The maximum atomic E-state index is 8.94. The number of nitrogens with zero attached hydrogens (tertiary/aromatic N) is 6. The summed E-state index contributed by atoms with van der Waals surface area (Å²) in [6.45, 7) is 0. The van der Waals surface area contributed by atoms with Crippen LogP contribution < -0.4 is 0 Å². The fourth-order valence-corrected chi connectivity index (χ4v) is 8.47. The van der Waals surface area contributed by atoms with Crippen LogP contribution >= 0.6 is 12.8 Å². The highest BCUT2D eigenvalue weighted by Crippen LogP contribution is 2.37. The number of hydrogen-bond donors (Lipinski definition) is 2. The van der Waals surface area contributed by atoms with Crippen LogP contribution in [0.15, 0.2) is 186 Å². The Morgan fingerprint density at radius 3 is 1.67 bits per heavy atom. The predicted octanol–water partition coefficient (Wildman–Crippen LogP) is 12.5. The third kappa shape index (κ3) is 6.01. The summed E-state index contributed by atoms with van der Waals surface area (Å²) in [6, 6.07) is 60.3. The number of pyridine rings is 1. The first-order chi connectivity index (χ1) is 29.6. The van der Waals surface area contributed by atoms with Gasteiger partial charge in [-0.1, -0.05) is 127 Å². The SMILES string of the molecule is N=C1C(=NS)C=Cc2c(-c3ccc(-c4cccc(-c5nc(-c6ccccc6)nc(-c6ccc(-n7c8ccccc8c8ccccc87)cc6)n5)c4)cc3)nc3ccccc3c21. The number of rotatable bonds is 6. The van der Waals surface area contributed by atoms with Crippen LogP contribution in [0.1, 0.15) is 11.1 Å². The summed E-state index contributed by atoms with van der Waals surface area (Å²) in [7, 11) is 0. The molecule has 0 atom stereocenters. The molecule has 0 amide bonds. The van der Waals surface area contributed by atoms with Gasteiger partial charge in [0.1, 0.15) is 0 Å². The molecule has 60 heavy (non-hydrogen) atoms. The molecule has 0 radical (unpaired) electrons. The smallest absolute Gasteiger partial charge is 0.164 e. The van der Waals surface area contributed by atoms with Gasteiger partial charge in [-0.05, 0) is 84.6 Å². The summed E-state index contributed by atoms with van der Waals surface area (Å²) in [5.41, 5.74) is 13.3. The largest absolute Gasteiger partial charge is 0.309 e. The molecule has 3 heterocycles. The Hall–Kier alpha value is -7.81. The molecule has 0 bridgehead atoms. The van der Waals surface area contributed by atoms with Crippen LogP contribution in [-0.4, -0.2) is 35.9 Å². The van der Waals surface area contributed by atoms with Crippen LogP contribution in [0.4, 0.5) is 0 Å². The van der Waals surface area contributed by atoms with E-state index >= 15 is 0 Å². The van der Waals surface area contributed by atoms with E-state index in [2.05, 4.69) is 131 Å². The molecule has 0 fully saturated rings. The number of benzene rings is 7. The molecule has 1 aliphatic rings. The van der Waals surface area contributed by atoms with Crippen LogP contribution in [0.2, 0.25) is 0 Å². The zero-order chi connectivity index (χ0) is 40.2. The maximum absolute atomic E-state index is 8.94. The van der Waals surface area contributed by atoms with E-state index in [1.165, 1.54) is 10.8 Å². The molecule has 1 aliphatic carbocycles. The molecule has 0 saturated heterocycles. The standard InChI is InChI=1S/C52H33N7S/c53-48-44(58-60)30-29-42-47(48)41-17-4-7-18-43(41)54-49(42)33-23-21-32(22-24-33)36-13-10-14-37(31-36)52-56-50(34-11-2-1-3-12-34)55-51(57-52)35-25-27-38(28-26-35)59-45-19-8-5-15-39(45)40-16-6-9-20-46(40)59/h1-31,53,60H. The highest BCUT2D eigenvalue weighted by atomic mass is 32.1. The minimum Gasteiger partial charge on any atom is -0.309 e. The molecule has 0 spiro atoms. The number of para-hydroxylation sites is 3. The summed E-state index contributed by atoms with van der Waals surface area (Å²) < 4.78 is 6.36. The van der Waals surface area contributed by atoms with E-state index in [0.29, 0.717) is 28.9 Å². The number of thiol groups is 1. The monoisotopic (exact) mass is 787 g/mol. The van der Waals surface area contributed by atoms with E-state index in [4.69, 9.17) is 25.3 Å². The lowest BCUT2D eigenvalue weighted by Crippen LogP contribution is -2.18. The molecule has 11 rings (SSSR count). The van der Waals surface area contributed by atoms with Crippen molar-refractivity contribution in [3.63, 3.8) is 0 Å². The molecule has 3 aromatic heterocycles. The van der Waals surface area contributed by atoms with Crippen molar-refractivity contribution in [1.82, 2.24) is 24.5 Å². The summed E-state index contributed by atoms with van der Waals surface area (Å²) in [4.78, 5) is 20.2. The molecular weight excluding hydrogens is 755 g/mol. The summed E-state index contributed by atoms with van der Waals surface area (Å²) >= 11 is 4.12. The molecule has 1 N–H and O–H groups in total. The summed E-state index contributed by atoms with van der Waals surface area (Å²) in [5, 5.41) is 12.3. The topological polar surface area (TPSA) is 92.7 Å². The Balaban J connectivity index is 0.963. The number of fused-ring (bicyclic) bond motifs is 6. The Labute approximate surface area is 351 Å². The van der Waals surface area contributed by atoms with Gasteiger partial charge in [-0.3, -0.25) is 5.41 Å².